The highest BCUT2D eigenvalue weighted by atomic mass is 15.5. The number of rotatable bonds is 5. The van der Waals surface area contributed by atoms with Crippen LogP contribution in [0.25, 0.3) is 11.1 Å². The van der Waals surface area contributed by atoms with E-state index in [1.54, 1.807) is 7.05 Å². The van der Waals surface area contributed by atoms with Gasteiger partial charge in [-0.2, -0.15) is 5.10 Å². The van der Waals surface area contributed by atoms with Gasteiger partial charge in [-0.1, -0.05) is 82.3 Å². The molecule has 0 radical (unpaired) electrons. The molecule has 0 amide bonds. The van der Waals surface area contributed by atoms with Crippen LogP contribution in [-0.4, -0.2) is 12.8 Å². The van der Waals surface area contributed by atoms with Crippen LogP contribution in [0.3, 0.4) is 0 Å². The molecule has 22 heavy (non-hydrogen) atoms. The lowest BCUT2D eigenvalue weighted by molar-refractivity contribution is 0.626. The summed E-state index contributed by atoms with van der Waals surface area (Å²) in [7, 11) is 1.81. The van der Waals surface area contributed by atoms with Gasteiger partial charge in [-0.3, -0.25) is 0 Å². The third-order valence-corrected chi connectivity index (χ3v) is 3.12. The molecule has 2 aromatic carbocycles. The highest BCUT2D eigenvalue weighted by Gasteiger charge is 2.08. The van der Waals surface area contributed by atoms with Crippen molar-refractivity contribution in [3.8, 4) is 11.1 Å². The first kappa shape index (κ1) is 17.9. The first-order valence-corrected chi connectivity index (χ1v) is 7.87. The van der Waals surface area contributed by atoms with Crippen molar-refractivity contribution in [2.24, 2.45) is 11.0 Å². The smallest absolute Gasteiger partial charge is 0.0716 e. The molecule has 0 aromatic heterocycles. The van der Waals surface area contributed by atoms with Crippen LogP contribution in [0, 0.1) is 5.92 Å². The van der Waals surface area contributed by atoms with Gasteiger partial charge in [0.05, 0.1) is 5.71 Å². The van der Waals surface area contributed by atoms with Crippen LogP contribution in [0.15, 0.2) is 59.7 Å². The molecule has 0 spiro atoms. The predicted molar refractivity (Wildman–Crippen MR) is 96.8 cm³/mol. The second kappa shape index (κ2) is 9.74. The first-order chi connectivity index (χ1) is 10.7. The Kier molecular flexibility index (Phi) is 7.94. The Morgan fingerprint density at radius 1 is 0.864 bits per heavy atom. The van der Waals surface area contributed by atoms with Crippen molar-refractivity contribution in [2.45, 2.75) is 27.7 Å². The standard InChI is InChI=1S/C17H21N3.C2H6/c1-13(2)17(19-20-18-3)16-11-9-15(10-12-16)14-7-5-4-6-8-14;1-2/h4-13,18,20H,1-3H3;1-2H3/b19-17+;. The molecule has 0 fully saturated rings. The van der Waals surface area contributed by atoms with Crippen molar-refractivity contribution >= 4 is 5.71 Å². The Balaban J connectivity index is 0.00000116. The SMILES string of the molecule is CC.CNN/N=C(/c1ccc(-c2ccccc2)cc1)C(C)C. The summed E-state index contributed by atoms with van der Waals surface area (Å²) >= 11 is 0. The average molecular weight is 297 g/mol. The van der Waals surface area contributed by atoms with Gasteiger partial charge in [0.2, 0.25) is 0 Å². The Bertz CT molecular complexity index is 557. The fraction of sp³-hybridized carbons (Fsp3) is 0.316. The molecule has 0 saturated heterocycles. The largest absolute Gasteiger partial charge is 0.243 e. The average Bonchev–Trinajstić information content (AvgIpc) is 2.58. The highest BCUT2D eigenvalue weighted by Crippen LogP contribution is 2.20. The second-order valence-corrected chi connectivity index (χ2v) is 4.96. The van der Waals surface area contributed by atoms with Gasteiger partial charge in [0.1, 0.15) is 0 Å². The van der Waals surface area contributed by atoms with Crippen molar-refractivity contribution in [1.29, 1.82) is 0 Å². The molecule has 0 saturated carbocycles. The van der Waals surface area contributed by atoms with E-state index in [9.17, 15) is 0 Å². The molecule has 0 aliphatic rings. The zero-order valence-corrected chi connectivity index (χ0v) is 14.2. The number of hydrazone groups is 1. The van der Waals surface area contributed by atoms with Crippen molar-refractivity contribution in [1.82, 2.24) is 11.0 Å². The molecule has 0 heterocycles. The van der Waals surface area contributed by atoms with E-state index in [2.05, 4.69) is 78.4 Å². The van der Waals surface area contributed by atoms with E-state index < -0.39 is 0 Å². The van der Waals surface area contributed by atoms with Crippen LogP contribution >= 0.6 is 0 Å². The molecule has 0 aliphatic heterocycles. The van der Waals surface area contributed by atoms with E-state index in [4.69, 9.17) is 0 Å². The maximum absolute atomic E-state index is 4.37. The summed E-state index contributed by atoms with van der Waals surface area (Å²) in [6.07, 6.45) is 0. The minimum absolute atomic E-state index is 0.360. The van der Waals surface area contributed by atoms with Gasteiger partial charge >= 0.3 is 0 Å². The summed E-state index contributed by atoms with van der Waals surface area (Å²) in [6, 6.07) is 18.9. The lowest BCUT2D eigenvalue weighted by atomic mass is 9.97. The maximum Gasteiger partial charge on any atom is 0.0716 e. The fourth-order valence-corrected chi connectivity index (χ4v) is 2.11. The number of hydrazine groups is 1. The van der Waals surface area contributed by atoms with Crippen LogP contribution < -0.4 is 11.0 Å². The fourth-order valence-electron chi connectivity index (χ4n) is 2.11. The topological polar surface area (TPSA) is 36.4 Å². The Hall–Kier alpha value is -2.13. The number of benzene rings is 2. The number of nitrogens with zero attached hydrogens (tertiary/aromatic N) is 1. The maximum atomic E-state index is 4.37. The van der Waals surface area contributed by atoms with Crippen LogP contribution in [0.2, 0.25) is 0 Å². The lowest BCUT2D eigenvalue weighted by Gasteiger charge is -2.11. The normalized spacial score (nSPS) is 10.9. The lowest BCUT2D eigenvalue weighted by Crippen LogP contribution is -2.25. The second-order valence-electron chi connectivity index (χ2n) is 4.96. The Morgan fingerprint density at radius 3 is 1.91 bits per heavy atom. The third kappa shape index (κ3) is 5.01. The highest BCUT2D eigenvalue weighted by molar-refractivity contribution is 6.02. The van der Waals surface area contributed by atoms with Crippen LogP contribution in [0.1, 0.15) is 33.3 Å². The summed E-state index contributed by atoms with van der Waals surface area (Å²) < 4.78 is 0. The Labute approximate surface area is 134 Å². The first-order valence-electron chi connectivity index (χ1n) is 7.87. The van der Waals surface area contributed by atoms with E-state index in [1.807, 2.05) is 19.9 Å². The van der Waals surface area contributed by atoms with E-state index in [0.29, 0.717) is 5.92 Å². The molecule has 2 N–H and O–H groups in total. The van der Waals surface area contributed by atoms with Crippen LogP contribution in [0.5, 0.6) is 0 Å². The monoisotopic (exact) mass is 297 g/mol. The summed E-state index contributed by atoms with van der Waals surface area (Å²) in [5.74, 6) is 0.360. The van der Waals surface area contributed by atoms with Crippen molar-refractivity contribution < 1.29 is 0 Å². The van der Waals surface area contributed by atoms with E-state index in [1.165, 1.54) is 11.1 Å². The zero-order valence-electron chi connectivity index (χ0n) is 14.2. The zero-order chi connectivity index (χ0) is 16.4. The van der Waals surface area contributed by atoms with Crippen molar-refractivity contribution in [2.75, 3.05) is 7.05 Å². The Morgan fingerprint density at radius 2 is 1.41 bits per heavy atom. The number of hydrogen-bond donors (Lipinski definition) is 2. The summed E-state index contributed by atoms with van der Waals surface area (Å²) in [5.41, 5.74) is 10.3. The number of nitrogens with one attached hydrogen (secondary N) is 2. The van der Waals surface area contributed by atoms with E-state index in [-0.39, 0.29) is 0 Å². The van der Waals surface area contributed by atoms with Gasteiger partial charge in [0.25, 0.3) is 0 Å². The molecule has 3 heteroatoms. The molecule has 118 valence electrons. The summed E-state index contributed by atoms with van der Waals surface area (Å²) in [4.78, 5) is 0. The predicted octanol–water partition coefficient (Wildman–Crippen LogP) is 4.46. The molecule has 0 aliphatic carbocycles. The molecular formula is C19H27N3. The van der Waals surface area contributed by atoms with Gasteiger partial charge in [-0.15, -0.1) is 0 Å². The van der Waals surface area contributed by atoms with Gasteiger partial charge < -0.3 is 0 Å². The van der Waals surface area contributed by atoms with E-state index in [0.717, 1.165) is 11.3 Å². The molecule has 2 aromatic rings. The van der Waals surface area contributed by atoms with E-state index >= 15 is 0 Å². The van der Waals surface area contributed by atoms with Gasteiger partial charge in [-0.25, -0.2) is 11.0 Å². The summed E-state index contributed by atoms with van der Waals surface area (Å²) in [5, 5.41) is 4.37. The molecular weight excluding hydrogens is 270 g/mol. The number of hydrogen-bond acceptors (Lipinski definition) is 3. The third-order valence-electron chi connectivity index (χ3n) is 3.12. The molecule has 3 nitrogen and oxygen atoms in total. The minimum atomic E-state index is 0.360. The quantitative estimate of drug-likeness (QED) is 0.631. The van der Waals surface area contributed by atoms with Gasteiger partial charge in [0.15, 0.2) is 0 Å². The van der Waals surface area contributed by atoms with Crippen LogP contribution in [0.4, 0.5) is 0 Å². The van der Waals surface area contributed by atoms with Gasteiger partial charge in [-0.05, 0) is 22.6 Å². The van der Waals surface area contributed by atoms with Crippen LogP contribution in [-0.2, 0) is 0 Å². The molecule has 0 unspecified atom stereocenters. The molecule has 0 atom stereocenters. The van der Waals surface area contributed by atoms with Gasteiger partial charge in [0, 0.05) is 7.05 Å². The van der Waals surface area contributed by atoms with Crippen molar-refractivity contribution in [3.05, 3.63) is 60.2 Å². The molecule has 2 rings (SSSR count). The van der Waals surface area contributed by atoms with Crippen molar-refractivity contribution in [3.63, 3.8) is 0 Å². The summed E-state index contributed by atoms with van der Waals surface area (Å²) in [6.45, 7) is 8.28. The minimum Gasteiger partial charge on any atom is -0.243 e. The molecule has 0 bridgehead atoms.